The van der Waals surface area contributed by atoms with E-state index in [0.717, 1.165) is 37.4 Å². The van der Waals surface area contributed by atoms with Crippen molar-refractivity contribution in [2.45, 2.75) is 52.2 Å². The van der Waals surface area contributed by atoms with Gasteiger partial charge in [0.15, 0.2) is 11.6 Å². The van der Waals surface area contributed by atoms with Gasteiger partial charge >= 0.3 is 6.09 Å². The Hall–Kier alpha value is -2.05. The number of fused-ring (bicyclic) bond motifs is 1. The molecule has 1 saturated heterocycles. The van der Waals surface area contributed by atoms with Crippen molar-refractivity contribution in [3.05, 3.63) is 11.8 Å². The van der Waals surface area contributed by atoms with Crippen LogP contribution in [0.1, 0.15) is 39.3 Å². The topological polar surface area (TPSA) is 76.6 Å². The number of anilines is 1. The zero-order valence-electron chi connectivity index (χ0n) is 15.7. The van der Waals surface area contributed by atoms with Gasteiger partial charge in [0, 0.05) is 25.2 Å². The summed E-state index contributed by atoms with van der Waals surface area (Å²) in [6.45, 7) is 9.14. The van der Waals surface area contributed by atoms with Crippen LogP contribution in [0.2, 0.25) is 0 Å². The van der Waals surface area contributed by atoms with Crippen LogP contribution in [0.4, 0.5) is 10.6 Å². The van der Waals surface area contributed by atoms with E-state index >= 15 is 0 Å². The molecular formula is C18H28N4O3. The van der Waals surface area contributed by atoms with Crippen LogP contribution in [0.15, 0.2) is 6.07 Å². The van der Waals surface area contributed by atoms with Crippen molar-refractivity contribution in [3.8, 4) is 5.75 Å². The summed E-state index contributed by atoms with van der Waals surface area (Å²) in [5.41, 5.74) is 0.387. The van der Waals surface area contributed by atoms with E-state index in [-0.39, 0.29) is 6.09 Å². The van der Waals surface area contributed by atoms with Crippen molar-refractivity contribution in [2.24, 2.45) is 11.8 Å². The average Bonchev–Trinajstić information content (AvgIpc) is 3.05. The molecule has 1 amide bonds. The Balaban J connectivity index is 1.56. The quantitative estimate of drug-likeness (QED) is 0.905. The summed E-state index contributed by atoms with van der Waals surface area (Å²) in [5.74, 6) is 2.44. The molecule has 0 aromatic carbocycles. The number of hydrogen-bond acceptors (Lipinski definition) is 6. The lowest BCUT2D eigenvalue weighted by Gasteiger charge is -2.25. The van der Waals surface area contributed by atoms with Crippen LogP contribution >= 0.6 is 0 Å². The van der Waals surface area contributed by atoms with Gasteiger partial charge in [-0.25, -0.2) is 4.79 Å². The van der Waals surface area contributed by atoms with Crippen LogP contribution in [-0.2, 0) is 4.74 Å². The second-order valence-electron chi connectivity index (χ2n) is 8.12. The Morgan fingerprint density at radius 2 is 1.88 bits per heavy atom. The molecule has 0 bridgehead atoms. The first-order valence-electron chi connectivity index (χ1n) is 8.88. The first-order chi connectivity index (χ1) is 11.7. The number of aryl methyl sites for hydroxylation is 1. The maximum atomic E-state index is 12.2. The van der Waals surface area contributed by atoms with E-state index in [1.807, 2.05) is 38.7 Å². The van der Waals surface area contributed by atoms with Crippen molar-refractivity contribution in [2.75, 3.05) is 25.5 Å². The molecule has 1 aliphatic carbocycles. The summed E-state index contributed by atoms with van der Waals surface area (Å²) in [6, 6.07) is 2.22. The lowest BCUT2D eigenvalue weighted by molar-refractivity contribution is 0.0280. The molecule has 138 valence electrons. The van der Waals surface area contributed by atoms with E-state index in [2.05, 4.69) is 15.5 Å². The molecule has 25 heavy (non-hydrogen) atoms. The largest absolute Gasteiger partial charge is 0.493 e. The molecule has 1 aromatic rings. The van der Waals surface area contributed by atoms with Crippen LogP contribution in [0.25, 0.3) is 0 Å². The van der Waals surface area contributed by atoms with E-state index in [0.29, 0.717) is 23.7 Å². The molecule has 7 nitrogen and oxygen atoms in total. The molecule has 1 saturated carbocycles. The van der Waals surface area contributed by atoms with Gasteiger partial charge in [0.1, 0.15) is 5.60 Å². The van der Waals surface area contributed by atoms with E-state index < -0.39 is 5.60 Å². The van der Waals surface area contributed by atoms with Gasteiger partial charge in [-0.05, 0) is 52.4 Å². The van der Waals surface area contributed by atoms with Crippen LogP contribution in [0.3, 0.4) is 0 Å². The molecule has 0 radical (unpaired) electrons. The number of carbonyl (C=O) groups is 1. The Morgan fingerprint density at radius 3 is 2.44 bits per heavy atom. The molecule has 3 atom stereocenters. The Kier molecular flexibility index (Phi) is 4.75. The molecule has 2 heterocycles. The van der Waals surface area contributed by atoms with E-state index in [1.54, 1.807) is 7.11 Å². The molecule has 1 unspecified atom stereocenters. The Labute approximate surface area is 149 Å². The Bertz CT molecular complexity index is 630. The fourth-order valence-corrected chi connectivity index (χ4v) is 3.81. The predicted octanol–water partition coefficient (Wildman–Crippen LogP) is 2.85. The summed E-state index contributed by atoms with van der Waals surface area (Å²) in [7, 11) is 1.64. The highest BCUT2D eigenvalue weighted by atomic mass is 16.6. The number of nitrogens with one attached hydrogen (secondary N) is 1. The molecule has 0 spiro atoms. The van der Waals surface area contributed by atoms with Crippen molar-refractivity contribution in [1.82, 2.24) is 15.1 Å². The normalized spacial score (nSPS) is 25.6. The molecule has 2 aliphatic rings. The van der Waals surface area contributed by atoms with Crippen LogP contribution in [-0.4, -0.2) is 53.0 Å². The standard InChI is InChI=1S/C18H28N4O3/c1-11-6-15(24-5)16(21-20-11)19-14-7-12-9-22(10-13(12)8-14)17(23)25-18(2,3)4/h6,12-14H,7-10H2,1-5H3,(H,19,21)/t12-,13+,14?. The smallest absolute Gasteiger partial charge is 0.410 e. The highest BCUT2D eigenvalue weighted by Gasteiger charge is 2.43. The summed E-state index contributed by atoms with van der Waals surface area (Å²) < 4.78 is 10.9. The number of ether oxygens (including phenoxy) is 2. The fourth-order valence-electron chi connectivity index (χ4n) is 3.81. The molecule has 1 aromatic heterocycles. The number of amides is 1. The zero-order chi connectivity index (χ0) is 18.2. The number of methoxy groups -OCH3 is 1. The van der Waals surface area contributed by atoms with Crippen molar-refractivity contribution in [1.29, 1.82) is 0 Å². The highest BCUT2D eigenvalue weighted by molar-refractivity contribution is 5.68. The minimum atomic E-state index is -0.445. The monoisotopic (exact) mass is 348 g/mol. The number of hydrogen-bond donors (Lipinski definition) is 1. The number of likely N-dealkylation sites (tertiary alicyclic amines) is 1. The van der Waals surface area contributed by atoms with Crippen molar-refractivity contribution >= 4 is 11.9 Å². The number of aromatic nitrogens is 2. The second kappa shape index (κ2) is 6.69. The summed E-state index contributed by atoms with van der Waals surface area (Å²) in [4.78, 5) is 14.1. The third-order valence-corrected chi connectivity index (χ3v) is 4.84. The molecule has 1 N–H and O–H groups in total. The van der Waals surface area contributed by atoms with Crippen LogP contribution in [0.5, 0.6) is 5.75 Å². The maximum absolute atomic E-state index is 12.2. The van der Waals surface area contributed by atoms with Gasteiger partial charge in [-0.3, -0.25) is 0 Å². The molecule has 3 rings (SSSR count). The van der Waals surface area contributed by atoms with E-state index in [9.17, 15) is 4.79 Å². The minimum Gasteiger partial charge on any atom is -0.493 e. The summed E-state index contributed by atoms with van der Waals surface area (Å²) in [6.07, 6.45) is 1.84. The molecule has 7 heteroatoms. The van der Waals surface area contributed by atoms with Gasteiger partial charge in [-0.1, -0.05) is 0 Å². The number of carbonyl (C=O) groups excluding carboxylic acids is 1. The molecule has 1 aliphatic heterocycles. The third-order valence-electron chi connectivity index (χ3n) is 4.84. The first kappa shape index (κ1) is 17.8. The van der Waals surface area contributed by atoms with Crippen LogP contribution in [0, 0.1) is 18.8 Å². The summed E-state index contributed by atoms with van der Waals surface area (Å²) in [5, 5.41) is 11.8. The van der Waals surface area contributed by atoms with Crippen molar-refractivity contribution in [3.63, 3.8) is 0 Å². The number of nitrogens with zero attached hydrogens (tertiary/aromatic N) is 3. The van der Waals surface area contributed by atoms with Gasteiger partial charge in [0.05, 0.1) is 12.8 Å². The van der Waals surface area contributed by atoms with Gasteiger partial charge < -0.3 is 19.7 Å². The third kappa shape index (κ3) is 4.14. The van der Waals surface area contributed by atoms with Gasteiger partial charge in [0.2, 0.25) is 0 Å². The van der Waals surface area contributed by atoms with Crippen LogP contribution < -0.4 is 10.1 Å². The van der Waals surface area contributed by atoms with Crippen molar-refractivity contribution < 1.29 is 14.3 Å². The minimum absolute atomic E-state index is 0.197. The van der Waals surface area contributed by atoms with E-state index in [4.69, 9.17) is 9.47 Å². The molecule has 2 fully saturated rings. The number of rotatable bonds is 3. The highest BCUT2D eigenvalue weighted by Crippen LogP contribution is 2.40. The second-order valence-corrected chi connectivity index (χ2v) is 8.12. The molecular weight excluding hydrogens is 320 g/mol. The SMILES string of the molecule is COc1cc(C)nnc1NC1C[C@@H]2CN(C(=O)OC(C)(C)C)C[C@@H]2C1. The maximum Gasteiger partial charge on any atom is 0.410 e. The van der Waals surface area contributed by atoms with E-state index in [1.165, 1.54) is 0 Å². The zero-order valence-corrected chi connectivity index (χ0v) is 15.7. The lowest BCUT2D eigenvalue weighted by Crippen LogP contribution is -2.36. The van der Waals surface area contributed by atoms with Gasteiger partial charge in [-0.2, -0.15) is 5.10 Å². The predicted molar refractivity (Wildman–Crippen MR) is 94.8 cm³/mol. The van der Waals surface area contributed by atoms with Gasteiger partial charge in [0.25, 0.3) is 0 Å². The fraction of sp³-hybridized carbons (Fsp3) is 0.722. The first-order valence-corrected chi connectivity index (χ1v) is 8.88. The summed E-state index contributed by atoms with van der Waals surface area (Å²) >= 11 is 0. The van der Waals surface area contributed by atoms with Gasteiger partial charge in [-0.15, -0.1) is 5.10 Å². The average molecular weight is 348 g/mol. The Morgan fingerprint density at radius 1 is 1.24 bits per heavy atom. The lowest BCUT2D eigenvalue weighted by atomic mass is 10.0.